The van der Waals surface area contributed by atoms with E-state index in [0.717, 1.165) is 43.2 Å². The molecular weight excluding hydrogens is 661 g/mol. The second kappa shape index (κ2) is 18.6. The van der Waals surface area contributed by atoms with E-state index in [4.69, 9.17) is 30.1 Å². The molecule has 3 atom stereocenters. The summed E-state index contributed by atoms with van der Waals surface area (Å²) in [6.07, 6.45) is 4.45. The first-order valence-electron chi connectivity index (χ1n) is 16.6. The number of nitrogens with one attached hydrogen (secondary N) is 2. The van der Waals surface area contributed by atoms with Gasteiger partial charge in [0.05, 0.1) is 13.2 Å². The molecule has 1 fully saturated rings. The van der Waals surface area contributed by atoms with Crippen LogP contribution in [0, 0.1) is 5.92 Å². The number of fused-ring (bicyclic) bond motifs is 1. The Balaban J connectivity index is 1.49. The minimum Gasteiger partial charge on any atom is -0.447 e. The lowest BCUT2D eigenvalue weighted by molar-refractivity contribution is -0.125. The highest BCUT2D eigenvalue weighted by Crippen LogP contribution is 2.53. The minimum atomic E-state index is -4.19. The number of carbonyl (C=O) groups is 3. The third kappa shape index (κ3) is 10.9. The number of rotatable bonds is 15. The number of hydrogen-bond acceptors (Lipinski definition) is 9. The van der Waals surface area contributed by atoms with Crippen molar-refractivity contribution >= 4 is 37.3 Å². The minimum absolute atomic E-state index is 0.0354. The average Bonchev–Trinajstić information content (AvgIpc) is 3.08. The molecule has 0 spiro atoms. The molecule has 2 aliphatic rings. The topological polar surface area (TPSA) is 153 Å². The van der Waals surface area contributed by atoms with Gasteiger partial charge in [-0.1, -0.05) is 80.1 Å². The van der Waals surface area contributed by atoms with Crippen LogP contribution in [0.4, 0.5) is 9.59 Å². The number of nitrogens with zero attached hydrogens (tertiary/aromatic N) is 1. The van der Waals surface area contributed by atoms with Gasteiger partial charge in [-0.15, -0.1) is 0 Å². The quantitative estimate of drug-likeness (QED) is 0.185. The molecule has 1 heterocycles. The number of carbonyl (C=O) groups excluding carboxylic acids is 3. The van der Waals surface area contributed by atoms with Gasteiger partial charge in [-0.2, -0.15) is 0 Å². The SMILES string of the molecule is CCOP(=O)(OCC)C(O)C(COC(=O)N1CCc2ccccc2C1)NC(=O)[C@H](CC1CCCCC1)NC(=O)OCc1cccc(Cl)c1. The highest BCUT2D eigenvalue weighted by Gasteiger charge is 2.42. The van der Waals surface area contributed by atoms with Crippen molar-refractivity contribution < 1.29 is 42.6 Å². The highest BCUT2D eigenvalue weighted by atomic mass is 35.5. The number of halogens is 1. The summed E-state index contributed by atoms with van der Waals surface area (Å²) < 4.78 is 35.4. The van der Waals surface area contributed by atoms with E-state index >= 15 is 0 Å². The van der Waals surface area contributed by atoms with E-state index in [0.29, 0.717) is 36.5 Å². The lowest BCUT2D eigenvalue weighted by Crippen LogP contribution is -2.55. The third-order valence-electron chi connectivity index (χ3n) is 8.57. The Morgan fingerprint density at radius 2 is 1.69 bits per heavy atom. The summed E-state index contributed by atoms with van der Waals surface area (Å²) in [5, 5.41) is 17.2. The molecule has 0 saturated heterocycles. The Morgan fingerprint density at radius 1 is 0.979 bits per heavy atom. The molecule has 12 nitrogen and oxygen atoms in total. The number of aliphatic hydroxyl groups excluding tert-OH is 1. The zero-order valence-corrected chi connectivity index (χ0v) is 29.3. The van der Waals surface area contributed by atoms with E-state index in [9.17, 15) is 24.1 Å². The molecule has 0 aromatic heterocycles. The molecule has 1 aliphatic carbocycles. The number of alkyl carbamates (subject to hydrolysis) is 1. The van der Waals surface area contributed by atoms with Crippen LogP contribution in [0.25, 0.3) is 0 Å². The Kier molecular flexibility index (Phi) is 14.6. The second-order valence-electron chi connectivity index (χ2n) is 12.1. The van der Waals surface area contributed by atoms with Crippen molar-refractivity contribution in [1.29, 1.82) is 0 Å². The van der Waals surface area contributed by atoms with Gasteiger partial charge in [0.2, 0.25) is 5.91 Å². The summed E-state index contributed by atoms with van der Waals surface area (Å²) in [7, 11) is -4.19. The maximum Gasteiger partial charge on any atom is 0.410 e. The second-order valence-corrected chi connectivity index (χ2v) is 14.6. The lowest BCUT2D eigenvalue weighted by Gasteiger charge is -2.32. The maximum atomic E-state index is 13.9. The van der Waals surface area contributed by atoms with Crippen molar-refractivity contribution in [3.05, 3.63) is 70.2 Å². The van der Waals surface area contributed by atoms with Crippen molar-refractivity contribution in [2.24, 2.45) is 5.92 Å². The van der Waals surface area contributed by atoms with Crippen LogP contribution >= 0.6 is 19.2 Å². The van der Waals surface area contributed by atoms with Crippen LogP contribution in [0.15, 0.2) is 48.5 Å². The fourth-order valence-electron chi connectivity index (χ4n) is 6.11. The molecular formula is C34H47ClN3O9P. The molecule has 264 valence electrons. The molecule has 2 unspecified atom stereocenters. The van der Waals surface area contributed by atoms with Gasteiger partial charge in [0.25, 0.3) is 0 Å². The maximum absolute atomic E-state index is 13.9. The molecule has 0 bridgehead atoms. The first kappa shape index (κ1) is 37.7. The lowest BCUT2D eigenvalue weighted by atomic mass is 9.84. The first-order valence-corrected chi connectivity index (χ1v) is 18.6. The molecule has 1 aliphatic heterocycles. The number of hydrogen-bond donors (Lipinski definition) is 3. The van der Waals surface area contributed by atoms with E-state index in [2.05, 4.69) is 10.6 Å². The summed E-state index contributed by atoms with van der Waals surface area (Å²) in [5.41, 5.74) is 2.83. The van der Waals surface area contributed by atoms with Gasteiger partial charge in [-0.25, -0.2) is 9.59 Å². The predicted octanol–water partition coefficient (Wildman–Crippen LogP) is 6.17. The molecule has 14 heteroatoms. The van der Waals surface area contributed by atoms with Gasteiger partial charge in [0.15, 0.2) is 5.85 Å². The number of amides is 3. The molecule has 2 aromatic carbocycles. The standard InChI is InChI=1S/C34H47ClN3O9P/c1-3-46-48(43,47-4-2)32(40)30(23-45-34(42)38-18-17-26-14-8-9-15-27(26)21-38)36-31(39)29(20-24-11-6-5-7-12-24)37-33(41)44-22-25-13-10-16-28(35)19-25/h8-10,13-16,19,24,29-30,32,40H,3-7,11-12,17-18,20-23H2,1-2H3,(H,36,39)(H,37,41)/t29-,30?,32?/m0/s1. The average molecular weight is 708 g/mol. The number of benzene rings is 2. The van der Waals surface area contributed by atoms with Crippen LogP contribution < -0.4 is 10.6 Å². The Bertz CT molecular complexity index is 1410. The third-order valence-corrected chi connectivity index (χ3v) is 11.0. The predicted molar refractivity (Wildman–Crippen MR) is 180 cm³/mol. The van der Waals surface area contributed by atoms with Crippen LogP contribution in [-0.2, 0) is 47.5 Å². The first-order chi connectivity index (χ1) is 23.1. The van der Waals surface area contributed by atoms with Gasteiger partial charge in [-0.3, -0.25) is 9.36 Å². The van der Waals surface area contributed by atoms with E-state index in [-0.39, 0.29) is 25.7 Å². The Hall–Kier alpha value is -3.15. The molecule has 4 rings (SSSR count). The smallest absolute Gasteiger partial charge is 0.410 e. The molecule has 1 saturated carbocycles. The van der Waals surface area contributed by atoms with E-state index in [1.807, 2.05) is 24.3 Å². The van der Waals surface area contributed by atoms with Gasteiger partial charge < -0.3 is 39.2 Å². The fraction of sp³-hybridized carbons (Fsp3) is 0.559. The van der Waals surface area contributed by atoms with Crippen LogP contribution in [0.3, 0.4) is 0 Å². The van der Waals surface area contributed by atoms with Crippen LogP contribution in [0.1, 0.15) is 69.1 Å². The summed E-state index contributed by atoms with van der Waals surface area (Å²) >= 11 is 6.05. The zero-order chi connectivity index (χ0) is 34.5. The fourth-order valence-corrected chi connectivity index (χ4v) is 8.02. The molecule has 2 aromatic rings. The zero-order valence-electron chi connectivity index (χ0n) is 27.6. The van der Waals surface area contributed by atoms with E-state index in [1.165, 1.54) is 4.90 Å². The summed E-state index contributed by atoms with van der Waals surface area (Å²) in [6, 6.07) is 12.3. The van der Waals surface area contributed by atoms with Crippen molar-refractivity contribution in [3.8, 4) is 0 Å². The molecule has 0 radical (unpaired) electrons. The van der Waals surface area contributed by atoms with Crippen LogP contribution in [-0.4, -0.2) is 72.4 Å². The van der Waals surface area contributed by atoms with E-state index < -0.39 is 50.2 Å². The van der Waals surface area contributed by atoms with E-state index in [1.54, 1.807) is 38.1 Å². The van der Waals surface area contributed by atoms with Gasteiger partial charge >= 0.3 is 19.8 Å². The van der Waals surface area contributed by atoms with Crippen molar-refractivity contribution in [1.82, 2.24) is 15.5 Å². The number of aliphatic hydroxyl groups is 1. The van der Waals surface area contributed by atoms with Gasteiger partial charge in [0, 0.05) is 18.1 Å². The van der Waals surface area contributed by atoms with Crippen LogP contribution in [0.2, 0.25) is 5.02 Å². The van der Waals surface area contributed by atoms with Crippen molar-refractivity contribution in [2.45, 2.75) is 89.9 Å². The Morgan fingerprint density at radius 3 is 2.38 bits per heavy atom. The monoisotopic (exact) mass is 707 g/mol. The molecule has 48 heavy (non-hydrogen) atoms. The highest BCUT2D eigenvalue weighted by molar-refractivity contribution is 7.54. The summed E-state index contributed by atoms with van der Waals surface area (Å²) in [6.45, 7) is 3.31. The normalized spacial score (nSPS) is 17.0. The Labute approximate surface area is 287 Å². The molecule has 3 amide bonds. The summed E-state index contributed by atoms with van der Waals surface area (Å²) in [4.78, 5) is 41.5. The van der Waals surface area contributed by atoms with Crippen molar-refractivity contribution in [2.75, 3.05) is 26.4 Å². The number of ether oxygens (including phenoxy) is 2. The van der Waals surface area contributed by atoms with Gasteiger partial charge in [-0.05, 0) is 61.4 Å². The largest absolute Gasteiger partial charge is 0.447 e. The molecule has 3 N–H and O–H groups in total. The van der Waals surface area contributed by atoms with Crippen molar-refractivity contribution in [3.63, 3.8) is 0 Å². The summed E-state index contributed by atoms with van der Waals surface area (Å²) in [5.74, 6) is -2.36. The van der Waals surface area contributed by atoms with Gasteiger partial charge in [0.1, 0.15) is 25.3 Å². The van der Waals surface area contributed by atoms with Crippen LogP contribution in [0.5, 0.6) is 0 Å².